The molecule has 8 nitrogen and oxygen atoms in total. The molecule has 0 spiro atoms. The van der Waals surface area contributed by atoms with Crippen LogP contribution in [0.1, 0.15) is 36.9 Å². The van der Waals surface area contributed by atoms with E-state index in [9.17, 15) is 14.4 Å². The van der Waals surface area contributed by atoms with Crippen molar-refractivity contribution in [3.05, 3.63) is 76.3 Å². The number of carbonyl (C=O) groups is 3. The van der Waals surface area contributed by atoms with Crippen LogP contribution in [0.5, 0.6) is 0 Å². The van der Waals surface area contributed by atoms with Gasteiger partial charge in [0.1, 0.15) is 5.69 Å². The fraction of sp³-hybridized carbons (Fsp3) is 0.100. The van der Waals surface area contributed by atoms with E-state index in [1.54, 1.807) is 49.5 Å². The van der Waals surface area contributed by atoms with Crippen molar-refractivity contribution in [1.29, 1.82) is 0 Å². The van der Waals surface area contributed by atoms with Crippen LogP contribution in [0.25, 0.3) is 0 Å². The molecule has 3 aromatic rings. The van der Waals surface area contributed by atoms with Gasteiger partial charge in [-0.05, 0) is 48.9 Å². The quantitative estimate of drug-likeness (QED) is 0.597. The number of aromatic nitrogens is 2. The zero-order valence-electron chi connectivity index (χ0n) is 15.7. The zero-order valence-corrected chi connectivity index (χ0v) is 16.4. The highest BCUT2D eigenvalue weighted by molar-refractivity contribution is 6.31. The molecule has 0 aliphatic rings. The first-order valence-corrected chi connectivity index (χ1v) is 8.94. The molecule has 3 amide bonds. The molecule has 0 saturated heterocycles. The molecular weight excluding hydrogens is 394 g/mol. The predicted octanol–water partition coefficient (Wildman–Crippen LogP) is 3.00. The van der Waals surface area contributed by atoms with Gasteiger partial charge in [0.15, 0.2) is 5.69 Å². The van der Waals surface area contributed by atoms with Gasteiger partial charge in [-0.3, -0.25) is 14.4 Å². The fourth-order valence-electron chi connectivity index (χ4n) is 2.63. The average Bonchev–Trinajstić information content (AvgIpc) is 3.19. The van der Waals surface area contributed by atoms with E-state index in [1.807, 2.05) is 6.92 Å². The molecule has 0 atom stereocenters. The molecule has 0 unspecified atom stereocenters. The third-order valence-corrected chi connectivity index (χ3v) is 4.75. The number of nitrogens with zero attached hydrogens (tertiary/aromatic N) is 2. The maximum atomic E-state index is 12.6. The lowest BCUT2D eigenvalue weighted by molar-refractivity contribution is 0.0958. The Hall–Kier alpha value is -3.65. The van der Waals surface area contributed by atoms with E-state index in [4.69, 9.17) is 17.3 Å². The summed E-state index contributed by atoms with van der Waals surface area (Å²) in [6.45, 7) is 1.86. The van der Waals surface area contributed by atoms with E-state index in [-0.39, 0.29) is 17.3 Å². The van der Waals surface area contributed by atoms with Crippen LogP contribution in [-0.4, -0.2) is 34.7 Å². The van der Waals surface area contributed by atoms with Crippen molar-refractivity contribution in [3.8, 4) is 0 Å². The van der Waals surface area contributed by atoms with Crippen LogP contribution in [0.2, 0.25) is 5.02 Å². The fourth-order valence-corrected chi connectivity index (χ4v) is 2.81. The molecule has 9 heteroatoms. The summed E-state index contributed by atoms with van der Waals surface area (Å²) in [4.78, 5) is 44.1. The van der Waals surface area contributed by atoms with Crippen molar-refractivity contribution in [2.24, 2.45) is 5.73 Å². The van der Waals surface area contributed by atoms with E-state index >= 15 is 0 Å². The molecule has 0 radical (unpaired) electrons. The summed E-state index contributed by atoms with van der Waals surface area (Å²) in [7, 11) is 1.55. The number of imidazole rings is 1. The summed E-state index contributed by atoms with van der Waals surface area (Å²) in [5.74, 6) is -1.56. The molecule has 0 bridgehead atoms. The minimum Gasteiger partial charge on any atom is -0.364 e. The third-order valence-electron chi connectivity index (χ3n) is 4.34. The number of halogens is 1. The maximum absolute atomic E-state index is 12.6. The first-order valence-electron chi connectivity index (χ1n) is 8.56. The second-order valence-electron chi connectivity index (χ2n) is 6.32. The molecule has 0 aliphatic carbocycles. The summed E-state index contributed by atoms with van der Waals surface area (Å²) in [6, 6.07) is 11.7. The van der Waals surface area contributed by atoms with E-state index in [1.165, 1.54) is 11.2 Å². The Morgan fingerprint density at radius 2 is 1.83 bits per heavy atom. The van der Waals surface area contributed by atoms with Gasteiger partial charge in [0, 0.05) is 29.0 Å². The monoisotopic (exact) mass is 411 g/mol. The van der Waals surface area contributed by atoms with Crippen LogP contribution in [0.3, 0.4) is 0 Å². The number of hydrogen-bond acceptors (Lipinski definition) is 4. The molecule has 1 heterocycles. The number of H-pyrrole nitrogens is 1. The maximum Gasteiger partial charge on any atom is 0.279 e. The van der Waals surface area contributed by atoms with Gasteiger partial charge in [0.05, 0.1) is 6.33 Å². The van der Waals surface area contributed by atoms with Gasteiger partial charge in [0.2, 0.25) is 0 Å². The predicted molar refractivity (Wildman–Crippen MR) is 110 cm³/mol. The van der Waals surface area contributed by atoms with Crippen molar-refractivity contribution in [1.82, 2.24) is 9.97 Å². The number of rotatable bonds is 5. The first kappa shape index (κ1) is 20.1. The zero-order chi connectivity index (χ0) is 21.1. The molecular formula is C20H18ClN5O3. The Labute approximate surface area is 171 Å². The number of primary amides is 1. The summed E-state index contributed by atoms with van der Waals surface area (Å²) in [6.07, 6.45) is 1.23. The Morgan fingerprint density at radius 1 is 1.14 bits per heavy atom. The number of nitrogens with one attached hydrogen (secondary N) is 2. The van der Waals surface area contributed by atoms with Crippen molar-refractivity contribution in [2.75, 3.05) is 17.3 Å². The molecule has 0 aliphatic heterocycles. The molecule has 0 saturated carbocycles. The topological polar surface area (TPSA) is 121 Å². The van der Waals surface area contributed by atoms with E-state index < -0.39 is 11.8 Å². The lowest BCUT2D eigenvalue weighted by atomic mass is 10.1. The summed E-state index contributed by atoms with van der Waals surface area (Å²) in [5, 5.41) is 3.29. The number of amides is 3. The second kappa shape index (κ2) is 8.15. The molecule has 4 N–H and O–H groups in total. The highest BCUT2D eigenvalue weighted by Gasteiger charge is 2.22. The lowest BCUT2D eigenvalue weighted by Gasteiger charge is -2.17. The molecule has 0 fully saturated rings. The number of anilines is 2. The van der Waals surface area contributed by atoms with Gasteiger partial charge in [-0.2, -0.15) is 0 Å². The van der Waals surface area contributed by atoms with Crippen LogP contribution >= 0.6 is 11.6 Å². The molecule has 29 heavy (non-hydrogen) atoms. The Morgan fingerprint density at radius 3 is 2.45 bits per heavy atom. The van der Waals surface area contributed by atoms with Gasteiger partial charge in [0.25, 0.3) is 17.7 Å². The van der Waals surface area contributed by atoms with Gasteiger partial charge in [-0.1, -0.05) is 17.7 Å². The highest BCUT2D eigenvalue weighted by atomic mass is 35.5. The normalized spacial score (nSPS) is 10.4. The Bertz CT molecular complexity index is 1090. The van der Waals surface area contributed by atoms with Crippen LogP contribution in [0.15, 0.2) is 48.8 Å². The molecule has 2 aromatic carbocycles. The van der Waals surface area contributed by atoms with Crippen molar-refractivity contribution >= 4 is 40.7 Å². The molecule has 1 aromatic heterocycles. The van der Waals surface area contributed by atoms with Gasteiger partial charge in [-0.15, -0.1) is 0 Å². The SMILES string of the molecule is Cc1ccc(C(=O)Nc2ccc(N(C)C(=O)c3nc[nH]c3C(N)=O)cc2)cc1Cl. The Kier molecular flexibility index (Phi) is 5.65. The van der Waals surface area contributed by atoms with Crippen molar-refractivity contribution < 1.29 is 14.4 Å². The van der Waals surface area contributed by atoms with Crippen molar-refractivity contribution in [2.45, 2.75) is 6.92 Å². The molecule has 148 valence electrons. The number of carbonyl (C=O) groups excluding carboxylic acids is 3. The Balaban J connectivity index is 1.73. The minimum atomic E-state index is -0.770. The van der Waals surface area contributed by atoms with Crippen molar-refractivity contribution in [3.63, 3.8) is 0 Å². The average molecular weight is 412 g/mol. The second-order valence-corrected chi connectivity index (χ2v) is 6.73. The largest absolute Gasteiger partial charge is 0.364 e. The third kappa shape index (κ3) is 4.27. The van der Waals surface area contributed by atoms with Gasteiger partial charge in [-0.25, -0.2) is 4.98 Å². The standard InChI is InChI=1S/C20H18ClN5O3/c1-11-3-4-12(9-15(11)21)19(28)25-13-5-7-14(8-6-13)26(2)20(29)17-16(18(22)27)23-10-24-17/h3-10H,1-2H3,(H2,22,27)(H,23,24)(H,25,28). The van der Waals surface area contributed by atoms with Crippen LogP contribution in [0, 0.1) is 6.92 Å². The van der Waals surface area contributed by atoms with Gasteiger partial charge >= 0.3 is 0 Å². The first-order chi connectivity index (χ1) is 13.8. The number of nitrogens with two attached hydrogens (primary N) is 1. The number of aryl methyl sites for hydroxylation is 1. The number of benzene rings is 2. The summed E-state index contributed by atoms with van der Waals surface area (Å²) in [5.41, 5.74) is 7.54. The lowest BCUT2D eigenvalue weighted by Crippen LogP contribution is -2.29. The smallest absolute Gasteiger partial charge is 0.279 e. The van der Waals surface area contributed by atoms with E-state index in [0.717, 1.165) is 5.56 Å². The molecule has 3 rings (SSSR count). The number of aromatic amines is 1. The number of hydrogen-bond donors (Lipinski definition) is 3. The van der Waals surface area contributed by atoms with Crippen LogP contribution in [0.4, 0.5) is 11.4 Å². The van der Waals surface area contributed by atoms with Crippen LogP contribution in [-0.2, 0) is 0 Å². The highest BCUT2D eigenvalue weighted by Crippen LogP contribution is 2.21. The van der Waals surface area contributed by atoms with E-state index in [2.05, 4.69) is 15.3 Å². The van der Waals surface area contributed by atoms with Crippen LogP contribution < -0.4 is 16.0 Å². The van der Waals surface area contributed by atoms with E-state index in [0.29, 0.717) is 22.0 Å². The summed E-state index contributed by atoms with van der Waals surface area (Å²) >= 11 is 6.07. The minimum absolute atomic E-state index is 0.0532. The summed E-state index contributed by atoms with van der Waals surface area (Å²) < 4.78 is 0. The van der Waals surface area contributed by atoms with Gasteiger partial charge < -0.3 is 20.9 Å².